The summed E-state index contributed by atoms with van der Waals surface area (Å²) < 4.78 is 1.92. The molecule has 0 amide bonds. The van der Waals surface area contributed by atoms with Crippen molar-refractivity contribution in [1.82, 2.24) is 20.1 Å². The minimum Gasteiger partial charge on any atom is -0.312 e. The van der Waals surface area contributed by atoms with Crippen molar-refractivity contribution in [1.29, 1.82) is 0 Å². The number of hydrogen-bond acceptors (Lipinski definition) is 4. The molecule has 0 radical (unpaired) electrons. The highest BCUT2D eigenvalue weighted by Gasteiger charge is 2.14. The molecule has 2 rings (SSSR count). The van der Waals surface area contributed by atoms with Gasteiger partial charge in [0.2, 0.25) is 0 Å². The van der Waals surface area contributed by atoms with Gasteiger partial charge in [0.15, 0.2) is 0 Å². The molecule has 0 bridgehead atoms. The van der Waals surface area contributed by atoms with Crippen LogP contribution >= 0.6 is 11.3 Å². The molecule has 2 aromatic rings. The Morgan fingerprint density at radius 1 is 1.39 bits per heavy atom. The van der Waals surface area contributed by atoms with E-state index in [9.17, 15) is 0 Å². The van der Waals surface area contributed by atoms with Crippen molar-refractivity contribution in [2.45, 2.75) is 33.7 Å². The van der Waals surface area contributed by atoms with Crippen LogP contribution in [0.15, 0.2) is 6.20 Å². The molecule has 0 aliphatic rings. The molecule has 2 heterocycles. The third-order valence-electron chi connectivity index (χ3n) is 3.00. The van der Waals surface area contributed by atoms with Crippen LogP contribution in [0.25, 0.3) is 10.6 Å². The van der Waals surface area contributed by atoms with Crippen LogP contribution in [0, 0.1) is 13.8 Å². The van der Waals surface area contributed by atoms with Crippen LogP contribution in [0.2, 0.25) is 0 Å². The van der Waals surface area contributed by atoms with Gasteiger partial charge in [-0.05, 0) is 26.8 Å². The summed E-state index contributed by atoms with van der Waals surface area (Å²) in [6, 6.07) is 0. The van der Waals surface area contributed by atoms with E-state index in [4.69, 9.17) is 0 Å². The third kappa shape index (κ3) is 2.62. The van der Waals surface area contributed by atoms with Gasteiger partial charge < -0.3 is 5.32 Å². The molecule has 0 aromatic carbocycles. The van der Waals surface area contributed by atoms with Crippen LogP contribution in [0.1, 0.15) is 29.6 Å². The zero-order valence-electron chi connectivity index (χ0n) is 11.4. The molecule has 0 saturated heterocycles. The van der Waals surface area contributed by atoms with Gasteiger partial charge in [-0.15, -0.1) is 11.3 Å². The minimum absolute atomic E-state index is 0.907. The van der Waals surface area contributed by atoms with E-state index in [1.54, 1.807) is 11.3 Å². The number of thiazole rings is 1. The van der Waals surface area contributed by atoms with E-state index < -0.39 is 0 Å². The summed E-state index contributed by atoms with van der Waals surface area (Å²) in [6.45, 7) is 8.26. The van der Waals surface area contributed by atoms with Gasteiger partial charge in [-0.25, -0.2) is 4.98 Å². The topological polar surface area (TPSA) is 42.7 Å². The van der Waals surface area contributed by atoms with E-state index in [0.29, 0.717) is 0 Å². The molecular formula is C13H20N4S. The fraction of sp³-hybridized carbons (Fsp3) is 0.538. The van der Waals surface area contributed by atoms with Gasteiger partial charge in [-0.3, -0.25) is 4.68 Å². The standard InChI is InChI=1S/C13H20N4S/c1-5-6-14-7-11-8-15-13(18-11)12-9(2)16-17(4)10(12)3/h8,14H,5-7H2,1-4H3. The van der Waals surface area contributed by atoms with E-state index in [1.807, 2.05) is 24.9 Å². The van der Waals surface area contributed by atoms with Crippen LogP contribution in [0.4, 0.5) is 0 Å². The number of rotatable bonds is 5. The average Bonchev–Trinajstić information content (AvgIpc) is 2.86. The average molecular weight is 264 g/mol. The number of nitrogens with one attached hydrogen (secondary N) is 1. The number of hydrogen-bond donors (Lipinski definition) is 1. The Morgan fingerprint density at radius 3 is 2.78 bits per heavy atom. The maximum absolute atomic E-state index is 4.53. The monoisotopic (exact) mass is 264 g/mol. The van der Waals surface area contributed by atoms with Crippen LogP contribution in [-0.4, -0.2) is 21.3 Å². The van der Waals surface area contributed by atoms with Gasteiger partial charge in [-0.2, -0.15) is 5.10 Å². The highest BCUT2D eigenvalue weighted by Crippen LogP contribution is 2.30. The first-order chi connectivity index (χ1) is 8.63. The van der Waals surface area contributed by atoms with Gasteiger partial charge in [-0.1, -0.05) is 6.92 Å². The fourth-order valence-corrected chi connectivity index (χ4v) is 3.01. The van der Waals surface area contributed by atoms with E-state index in [-0.39, 0.29) is 0 Å². The molecule has 98 valence electrons. The summed E-state index contributed by atoms with van der Waals surface area (Å²) in [5.74, 6) is 0. The Kier molecular flexibility index (Phi) is 4.14. The predicted octanol–water partition coefficient (Wildman–Crippen LogP) is 2.66. The molecule has 4 nitrogen and oxygen atoms in total. The number of nitrogens with zero attached hydrogens (tertiary/aromatic N) is 3. The Morgan fingerprint density at radius 2 is 2.17 bits per heavy atom. The Hall–Kier alpha value is -1.20. The van der Waals surface area contributed by atoms with Crippen molar-refractivity contribution in [2.75, 3.05) is 6.54 Å². The first-order valence-electron chi connectivity index (χ1n) is 6.29. The second-order valence-corrected chi connectivity index (χ2v) is 5.59. The Balaban J connectivity index is 2.19. The SMILES string of the molecule is CCCNCc1cnc(-c2c(C)nn(C)c2C)s1. The fourth-order valence-electron chi connectivity index (χ4n) is 1.98. The van der Waals surface area contributed by atoms with Gasteiger partial charge >= 0.3 is 0 Å². The first-order valence-corrected chi connectivity index (χ1v) is 7.11. The van der Waals surface area contributed by atoms with Crippen LogP contribution in [0.5, 0.6) is 0 Å². The molecule has 1 N–H and O–H groups in total. The van der Waals surface area contributed by atoms with Crippen molar-refractivity contribution < 1.29 is 0 Å². The van der Waals surface area contributed by atoms with Gasteiger partial charge in [0.25, 0.3) is 0 Å². The largest absolute Gasteiger partial charge is 0.312 e. The quantitative estimate of drug-likeness (QED) is 0.844. The summed E-state index contributed by atoms with van der Waals surface area (Å²) in [4.78, 5) is 5.80. The van der Waals surface area contributed by atoms with E-state index in [0.717, 1.165) is 30.2 Å². The van der Waals surface area contributed by atoms with Crippen molar-refractivity contribution in [3.63, 3.8) is 0 Å². The summed E-state index contributed by atoms with van der Waals surface area (Å²) >= 11 is 1.75. The normalized spacial score (nSPS) is 11.1. The zero-order chi connectivity index (χ0) is 13.1. The smallest absolute Gasteiger partial charge is 0.127 e. The van der Waals surface area contributed by atoms with Crippen LogP contribution < -0.4 is 5.32 Å². The molecule has 0 unspecified atom stereocenters. The number of aromatic nitrogens is 3. The van der Waals surface area contributed by atoms with Crippen molar-refractivity contribution in [3.8, 4) is 10.6 Å². The van der Waals surface area contributed by atoms with Gasteiger partial charge in [0, 0.05) is 30.4 Å². The molecule has 0 aliphatic heterocycles. The Labute approximate surface area is 112 Å². The van der Waals surface area contributed by atoms with Crippen molar-refractivity contribution in [2.24, 2.45) is 7.05 Å². The van der Waals surface area contributed by atoms with Crippen LogP contribution in [0.3, 0.4) is 0 Å². The van der Waals surface area contributed by atoms with E-state index >= 15 is 0 Å². The minimum atomic E-state index is 0.907. The summed E-state index contributed by atoms with van der Waals surface area (Å²) in [6.07, 6.45) is 3.13. The predicted molar refractivity (Wildman–Crippen MR) is 75.8 cm³/mol. The second-order valence-electron chi connectivity index (χ2n) is 4.48. The summed E-state index contributed by atoms with van der Waals surface area (Å²) in [5.41, 5.74) is 3.41. The van der Waals surface area contributed by atoms with Gasteiger partial charge in [0.05, 0.1) is 11.3 Å². The van der Waals surface area contributed by atoms with Crippen molar-refractivity contribution in [3.05, 3.63) is 22.5 Å². The lowest BCUT2D eigenvalue weighted by Gasteiger charge is -1.98. The molecule has 0 fully saturated rings. The number of aryl methyl sites for hydroxylation is 2. The molecule has 0 aliphatic carbocycles. The second kappa shape index (κ2) is 5.63. The first kappa shape index (κ1) is 13.2. The highest BCUT2D eigenvalue weighted by molar-refractivity contribution is 7.15. The zero-order valence-corrected chi connectivity index (χ0v) is 12.3. The lowest BCUT2D eigenvalue weighted by atomic mass is 10.2. The molecule has 18 heavy (non-hydrogen) atoms. The molecular weight excluding hydrogens is 244 g/mol. The van der Waals surface area contributed by atoms with E-state index in [1.165, 1.54) is 16.1 Å². The Bertz CT molecular complexity index is 527. The summed E-state index contributed by atoms with van der Waals surface area (Å²) in [5, 5.41) is 8.91. The maximum Gasteiger partial charge on any atom is 0.127 e. The highest BCUT2D eigenvalue weighted by atomic mass is 32.1. The summed E-state index contributed by atoms with van der Waals surface area (Å²) in [7, 11) is 1.98. The molecule has 0 spiro atoms. The lowest BCUT2D eigenvalue weighted by molar-refractivity contribution is 0.681. The lowest BCUT2D eigenvalue weighted by Crippen LogP contribution is -2.12. The molecule has 0 saturated carbocycles. The van der Waals surface area contributed by atoms with Gasteiger partial charge in [0.1, 0.15) is 5.01 Å². The van der Waals surface area contributed by atoms with Crippen molar-refractivity contribution >= 4 is 11.3 Å². The van der Waals surface area contributed by atoms with Crippen LogP contribution in [-0.2, 0) is 13.6 Å². The molecule has 5 heteroatoms. The third-order valence-corrected chi connectivity index (χ3v) is 4.02. The molecule has 0 atom stereocenters. The maximum atomic E-state index is 4.53. The molecule has 2 aromatic heterocycles. The van der Waals surface area contributed by atoms with E-state index in [2.05, 4.69) is 29.2 Å².